The number of fused-ring (bicyclic) bond motifs is 2. The fourth-order valence-electron chi connectivity index (χ4n) is 2.86. The molecule has 0 amide bonds. The van der Waals surface area contributed by atoms with Crippen LogP contribution in [0, 0.1) is 0 Å². The summed E-state index contributed by atoms with van der Waals surface area (Å²) in [6.45, 7) is 0.0898. The SMILES string of the molecule is COc1ccc2cc(COC(=O)CCc3nc4ccccc4s3)c(Cl)nc2c1. The molecule has 0 spiro atoms. The molecular weight excluding hydrogens is 396 g/mol. The summed E-state index contributed by atoms with van der Waals surface area (Å²) in [4.78, 5) is 21.0. The van der Waals surface area contributed by atoms with E-state index in [0.717, 1.165) is 26.1 Å². The second kappa shape index (κ2) is 8.12. The lowest BCUT2D eigenvalue weighted by atomic mass is 10.1. The molecule has 2 heterocycles. The Bertz CT molecular complexity index is 1130. The fraction of sp³-hybridized carbons (Fsp3) is 0.190. The van der Waals surface area contributed by atoms with Crippen molar-refractivity contribution in [3.63, 3.8) is 0 Å². The van der Waals surface area contributed by atoms with E-state index in [1.54, 1.807) is 18.4 Å². The van der Waals surface area contributed by atoms with Crippen LogP contribution >= 0.6 is 22.9 Å². The Morgan fingerprint density at radius 1 is 1.11 bits per heavy atom. The smallest absolute Gasteiger partial charge is 0.306 e. The molecule has 4 aromatic rings. The van der Waals surface area contributed by atoms with Gasteiger partial charge in [0.05, 0.1) is 34.3 Å². The van der Waals surface area contributed by atoms with Crippen molar-refractivity contribution in [2.24, 2.45) is 0 Å². The van der Waals surface area contributed by atoms with Crippen molar-refractivity contribution >= 4 is 50.0 Å². The molecule has 0 radical (unpaired) electrons. The monoisotopic (exact) mass is 412 g/mol. The van der Waals surface area contributed by atoms with Crippen molar-refractivity contribution in [2.75, 3.05) is 7.11 Å². The van der Waals surface area contributed by atoms with Crippen LogP contribution in [0.15, 0.2) is 48.5 Å². The zero-order valence-corrected chi connectivity index (χ0v) is 16.7. The lowest BCUT2D eigenvalue weighted by Crippen LogP contribution is -2.06. The first-order valence-electron chi connectivity index (χ1n) is 8.75. The average Bonchev–Trinajstić information content (AvgIpc) is 3.13. The highest BCUT2D eigenvalue weighted by atomic mass is 35.5. The molecule has 2 aromatic heterocycles. The summed E-state index contributed by atoms with van der Waals surface area (Å²) in [5, 5.41) is 2.16. The predicted octanol–water partition coefficient (Wildman–Crippen LogP) is 5.18. The molecule has 0 bridgehead atoms. The molecule has 0 saturated carbocycles. The minimum Gasteiger partial charge on any atom is -0.497 e. The number of esters is 1. The zero-order valence-electron chi connectivity index (χ0n) is 15.1. The lowest BCUT2D eigenvalue weighted by molar-refractivity contribution is -0.144. The van der Waals surface area contributed by atoms with Gasteiger partial charge in [-0.1, -0.05) is 23.7 Å². The van der Waals surface area contributed by atoms with Gasteiger partial charge in [-0.15, -0.1) is 11.3 Å². The van der Waals surface area contributed by atoms with Gasteiger partial charge in [0.25, 0.3) is 0 Å². The van der Waals surface area contributed by atoms with E-state index in [1.807, 2.05) is 48.5 Å². The molecule has 0 atom stereocenters. The minimum atomic E-state index is -0.287. The van der Waals surface area contributed by atoms with Crippen molar-refractivity contribution in [1.29, 1.82) is 0 Å². The summed E-state index contributed by atoms with van der Waals surface area (Å²) < 4.78 is 11.7. The van der Waals surface area contributed by atoms with Crippen LogP contribution in [0.25, 0.3) is 21.1 Å². The highest BCUT2D eigenvalue weighted by Crippen LogP contribution is 2.25. The normalized spacial score (nSPS) is 11.1. The summed E-state index contributed by atoms with van der Waals surface area (Å²) in [6, 6.07) is 15.4. The third kappa shape index (κ3) is 4.08. The van der Waals surface area contributed by atoms with Gasteiger partial charge in [-0.3, -0.25) is 4.79 Å². The van der Waals surface area contributed by atoms with Crippen LogP contribution < -0.4 is 4.74 Å². The van der Waals surface area contributed by atoms with E-state index in [4.69, 9.17) is 21.1 Å². The Morgan fingerprint density at radius 2 is 1.96 bits per heavy atom. The third-order valence-corrected chi connectivity index (χ3v) is 5.74. The average molecular weight is 413 g/mol. The maximum atomic E-state index is 12.1. The first kappa shape index (κ1) is 18.7. The maximum Gasteiger partial charge on any atom is 0.306 e. The number of nitrogens with zero attached hydrogens (tertiary/aromatic N) is 2. The summed E-state index contributed by atoms with van der Waals surface area (Å²) >= 11 is 7.85. The van der Waals surface area contributed by atoms with E-state index in [2.05, 4.69) is 9.97 Å². The molecule has 142 valence electrons. The molecule has 2 aromatic carbocycles. The molecule has 0 fully saturated rings. The number of aryl methyl sites for hydroxylation is 1. The van der Waals surface area contributed by atoms with Crippen LogP contribution in [-0.4, -0.2) is 23.0 Å². The van der Waals surface area contributed by atoms with E-state index >= 15 is 0 Å². The van der Waals surface area contributed by atoms with Crippen LogP contribution in [0.3, 0.4) is 0 Å². The van der Waals surface area contributed by atoms with Crippen molar-refractivity contribution in [3.05, 3.63) is 64.3 Å². The lowest BCUT2D eigenvalue weighted by Gasteiger charge is -2.08. The largest absolute Gasteiger partial charge is 0.497 e. The van der Waals surface area contributed by atoms with Gasteiger partial charge in [-0.05, 0) is 30.3 Å². The van der Waals surface area contributed by atoms with Crippen LogP contribution in [0.4, 0.5) is 0 Å². The van der Waals surface area contributed by atoms with Crippen LogP contribution in [0.2, 0.25) is 5.15 Å². The first-order valence-corrected chi connectivity index (χ1v) is 9.95. The van der Waals surface area contributed by atoms with Crippen molar-refractivity contribution < 1.29 is 14.3 Å². The number of pyridine rings is 1. The Kier molecular flexibility index (Phi) is 5.41. The zero-order chi connectivity index (χ0) is 19.5. The number of halogens is 1. The number of hydrogen-bond acceptors (Lipinski definition) is 6. The minimum absolute atomic E-state index is 0.0898. The van der Waals surface area contributed by atoms with Crippen molar-refractivity contribution in [1.82, 2.24) is 9.97 Å². The Hall–Kier alpha value is -2.70. The van der Waals surface area contributed by atoms with Crippen molar-refractivity contribution in [3.8, 4) is 5.75 Å². The van der Waals surface area contributed by atoms with E-state index < -0.39 is 0 Å². The van der Waals surface area contributed by atoms with Crippen LogP contribution in [0.1, 0.15) is 17.0 Å². The number of carbonyl (C=O) groups excluding carboxylic acids is 1. The van der Waals surface area contributed by atoms with Crippen molar-refractivity contribution in [2.45, 2.75) is 19.4 Å². The Morgan fingerprint density at radius 3 is 2.79 bits per heavy atom. The maximum absolute atomic E-state index is 12.1. The highest BCUT2D eigenvalue weighted by Gasteiger charge is 2.11. The summed E-state index contributed by atoms with van der Waals surface area (Å²) in [5.74, 6) is 0.426. The third-order valence-electron chi connectivity index (χ3n) is 4.32. The molecule has 0 aliphatic rings. The summed E-state index contributed by atoms with van der Waals surface area (Å²) in [5.41, 5.74) is 2.37. The second-order valence-corrected chi connectivity index (χ2v) is 7.71. The van der Waals surface area contributed by atoms with Gasteiger partial charge >= 0.3 is 5.97 Å². The molecule has 28 heavy (non-hydrogen) atoms. The summed E-state index contributed by atoms with van der Waals surface area (Å²) in [6.07, 6.45) is 0.831. The molecule has 7 heteroatoms. The quantitative estimate of drug-likeness (QED) is 0.322. The van der Waals surface area contributed by atoms with Gasteiger partial charge in [0.1, 0.15) is 17.5 Å². The number of para-hydroxylation sites is 1. The molecule has 0 aliphatic carbocycles. The van der Waals surface area contributed by atoms with Gasteiger partial charge < -0.3 is 9.47 Å². The molecule has 0 aliphatic heterocycles. The van der Waals surface area contributed by atoms with Crippen LogP contribution in [-0.2, 0) is 22.6 Å². The second-order valence-electron chi connectivity index (χ2n) is 6.23. The molecule has 0 saturated heterocycles. The molecule has 5 nitrogen and oxygen atoms in total. The number of thiazole rings is 1. The number of carbonyl (C=O) groups is 1. The predicted molar refractivity (Wildman–Crippen MR) is 111 cm³/mol. The van der Waals surface area contributed by atoms with Gasteiger partial charge in [-0.2, -0.15) is 0 Å². The number of benzene rings is 2. The Labute approximate surface area is 170 Å². The number of ether oxygens (including phenoxy) is 2. The molecular formula is C21H17ClN2O3S. The number of methoxy groups -OCH3 is 1. The fourth-order valence-corrected chi connectivity index (χ4v) is 4.03. The van der Waals surface area contributed by atoms with Gasteiger partial charge in [0.2, 0.25) is 0 Å². The number of rotatable bonds is 6. The van der Waals surface area contributed by atoms with E-state index in [0.29, 0.717) is 22.9 Å². The number of hydrogen-bond donors (Lipinski definition) is 0. The van der Waals surface area contributed by atoms with E-state index in [1.165, 1.54) is 0 Å². The molecule has 4 rings (SSSR count). The molecule has 0 unspecified atom stereocenters. The number of aromatic nitrogens is 2. The molecule has 0 N–H and O–H groups in total. The van der Waals surface area contributed by atoms with Crippen LogP contribution in [0.5, 0.6) is 5.75 Å². The Balaban J connectivity index is 1.38. The van der Waals surface area contributed by atoms with E-state index in [-0.39, 0.29) is 19.0 Å². The topological polar surface area (TPSA) is 61.3 Å². The standard InChI is InChI=1S/C21H17ClN2O3S/c1-26-15-7-6-13-10-14(21(22)24-17(13)11-15)12-27-20(25)9-8-19-23-16-4-2-3-5-18(16)28-19/h2-7,10-11H,8-9,12H2,1H3. The van der Waals surface area contributed by atoms with Gasteiger partial charge in [0.15, 0.2) is 0 Å². The first-order chi connectivity index (χ1) is 13.6. The highest BCUT2D eigenvalue weighted by molar-refractivity contribution is 7.18. The summed E-state index contributed by atoms with van der Waals surface area (Å²) in [7, 11) is 1.60. The van der Waals surface area contributed by atoms with E-state index in [9.17, 15) is 4.79 Å². The van der Waals surface area contributed by atoms with Gasteiger partial charge in [-0.25, -0.2) is 9.97 Å². The van der Waals surface area contributed by atoms with Gasteiger partial charge in [0, 0.05) is 23.4 Å².